The molecule has 0 aromatic heterocycles. The highest BCUT2D eigenvalue weighted by Gasteiger charge is 2.08. The monoisotopic (exact) mass is 321 g/mol. The summed E-state index contributed by atoms with van der Waals surface area (Å²) in [6.45, 7) is 0.100. The molecule has 1 unspecified atom stereocenters. The van der Waals surface area contributed by atoms with Crippen molar-refractivity contribution in [2.24, 2.45) is 0 Å². The summed E-state index contributed by atoms with van der Waals surface area (Å²) in [5.74, 6) is 1.11. The van der Waals surface area contributed by atoms with Crippen molar-refractivity contribution >= 4 is 17.4 Å². The van der Waals surface area contributed by atoms with Gasteiger partial charge in [-0.25, -0.2) is 0 Å². The van der Waals surface area contributed by atoms with Crippen LogP contribution >= 0.6 is 11.8 Å². The number of non-ortho nitro benzene ring substituents is 1. The van der Waals surface area contributed by atoms with Crippen LogP contribution in [0.3, 0.4) is 0 Å². The molecule has 1 atom stereocenters. The molecule has 6 nitrogen and oxygen atoms in total. The maximum atomic E-state index is 10.5. The fourth-order valence-electron chi connectivity index (χ4n) is 1.64. The molecule has 0 aliphatic carbocycles. The molecule has 0 saturated carbocycles. The number of aromatic hydroxyl groups is 1. The summed E-state index contributed by atoms with van der Waals surface area (Å²) in [5, 5.41) is 29.6. The zero-order chi connectivity index (χ0) is 15.9. The summed E-state index contributed by atoms with van der Waals surface area (Å²) < 4.78 is 5.38. The molecule has 0 saturated heterocycles. The minimum atomic E-state index is -0.672. The van der Waals surface area contributed by atoms with Crippen LogP contribution in [0.25, 0.3) is 0 Å². The predicted octanol–water partition coefficient (Wildman–Crippen LogP) is 2.83. The van der Waals surface area contributed by atoms with Gasteiger partial charge < -0.3 is 14.9 Å². The number of aliphatic hydroxyl groups is 1. The molecule has 0 aliphatic rings. The molecule has 116 valence electrons. The van der Waals surface area contributed by atoms with E-state index in [0.29, 0.717) is 11.5 Å². The van der Waals surface area contributed by atoms with E-state index in [1.165, 1.54) is 36.0 Å². The van der Waals surface area contributed by atoms with Crippen LogP contribution < -0.4 is 4.74 Å². The first-order chi connectivity index (χ1) is 10.5. The van der Waals surface area contributed by atoms with E-state index in [1.54, 1.807) is 24.3 Å². The zero-order valence-corrected chi connectivity index (χ0v) is 12.4. The van der Waals surface area contributed by atoms with Crippen LogP contribution in [0.5, 0.6) is 11.5 Å². The number of nitro benzene ring substituents is 1. The lowest BCUT2D eigenvalue weighted by Crippen LogP contribution is -2.20. The number of rotatable bonds is 7. The predicted molar refractivity (Wildman–Crippen MR) is 83.4 cm³/mol. The van der Waals surface area contributed by atoms with Gasteiger partial charge in [0.05, 0.1) is 11.0 Å². The summed E-state index contributed by atoms with van der Waals surface area (Å²) in [6, 6.07) is 12.4. The number of hydrogen-bond acceptors (Lipinski definition) is 6. The van der Waals surface area contributed by atoms with Gasteiger partial charge in [0.15, 0.2) is 0 Å². The van der Waals surface area contributed by atoms with Gasteiger partial charge in [0.2, 0.25) is 0 Å². The van der Waals surface area contributed by atoms with Crippen LogP contribution in [-0.4, -0.2) is 33.6 Å². The molecule has 0 bridgehead atoms. The first-order valence-electron chi connectivity index (χ1n) is 6.52. The van der Waals surface area contributed by atoms with E-state index in [2.05, 4.69) is 0 Å². The van der Waals surface area contributed by atoms with Gasteiger partial charge in [-0.15, -0.1) is 11.8 Å². The molecule has 0 radical (unpaired) electrons. The number of ether oxygens (including phenoxy) is 1. The third-order valence-corrected chi connectivity index (χ3v) is 3.93. The Kier molecular flexibility index (Phi) is 5.62. The van der Waals surface area contributed by atoms with Gasteiger partial charge in [-0.3, -0.25) is 10.1 Å². The van der Waals surface area contributed by atoms with Crippen LogP contribution in [0.1, 0.15) is 0 Å². The highest BCUT2D eigenvalue weighted by Crippen LogP contribution is 2.22. The zero-order valence-electron chi connectivity index (χ0n) is 11.6. The number of phenols is 1. The first kappa shape index (κ1) is 16.1. The maximum Gasteiger partial charge on any atom is 0.269 e. The normalized spacial score (nSPS) is 11.9. The molecule has 2 N–H and O–H groups in total. The Morgan fingerprint density at radius 3 is 2.36 bits per heavy atom. The van der Waals surface area contributed by atoms with Crippen molar-refractivity contribution < 1.29 is 19.9 Å². The lowest BCUT2D eigenvalue weighted by atomic mass is 10.3. The van der Waals surface area contributed by atoms with Crippen LogP contribution in [0, 0.1) is 10.1 Å². The van der Waals surface area contributed by atoms with Crippen molar-refractivity contribution in [1.82, 2.24) is 0 Å². The Bertz CT molecular complexity index is 615. The van der Waals surface area contributed by atoms with Gasteiger partial charge in [0.25, 0.3) is 5.69 Å². The molecule has 7 heteroatoms. The minimum Gasteiger partial charge on any atom is -0.508 e. The molecule has 2 rings (SSSR count). The highest BCUT2D eigenvalue weighted by atomic mass is 32.2. The number of benzene rings is 2. The van der Waals surface area contributed by atoms with E-state index >= 15 is 0 Å². The quantitative estimate of drug-likeness (QED) is 0.463. The average molecular weight is 321 g/mol. The number of aliphatic hydroxyl groups excluding tert-OH is 1. The Hall–Kier alpha value is -2.25. The summed E-state index contributed by atoms with van der Waals surface area (Å²) in [4.78, 5) is 11.0. The Morgan fingerprint density at radius 2 is 1.77 bits per heavy atom. The van der Waals surface area contributed by atoms with E-state index in [-0.39, 0.29) is 18.0 Å². The second kappa shape index (κ2) is 7.67. The third-order valence-electron chi connectivity index (χ3n) is 2.77. The number of hydrogen-bond donors (Lipinski definition) is 2. The van der Waals surface area contributed by atoms with Crippen LogP contribution in [0.15, 0.2) is 53.4 Å². The Balaban J connectivity index is 1.76. The summed E-state index contributed by atoms with van der Waals surface area (Å²) in [6.07, 6.45) is -0.672. The molecule has 0 aliphatic heterocycles. The second-order valence-corrected chi connectivity index (χ2v) is 5.61. The standard InChI is InChI=1S/C15H15NO5S/c17-12-3-7-15(8-4-12)22-10-13(18)9-21-14-5-1-11(2-6-14)16(19)20/h1-8,13,17-18H,9-10H2. The summed E-state index contributed by atoms with van der Waals surface area (Å²) in [5.41, 5.74) is -0.00390. The maximum absolute atomic E-state index is 10.5. The van der Waals surface area contributed by atoms with E-state index < -0.39 is 11.0 Å². The minimum absolute atomic E-state index is 0.00390. The molecule has 0 amide bonds. The van der Waals surface area contributed by atoms with Crippen LogP contribution in [-0.2, 0) is 0 Å². The number of phenolic OH excluding ortho intramolecular Hbond substituents is 1. The van der Waals surface area contributed by atoms with Crippen molar-refractivity contribution in [3.8, 4) is 11.5 Å². The molecule has 0 heterocycles. The van der Waals surface area contributed by atoms with Gasteiger partial charge in [-0.2, -0.15) is 0 Å². The van der Waals surface area contributed by atoms with Crippen molar-refractivity contribution in [2.75, 3.05) is 12.4 Å². The number of nitro groups is 1. The van der Waals surface area contributed by atoms with Crippen LogP contribution in [0.2, 0.25) is 0 Å². The Morgan fingerprint density at radius 1 is 1.14 bits per heavy atom. The van der Waals surface area contributed by atoms with Gasteiger partial charge in [-0.05, 0) is 36.4 Å². The Labute approximate surface area is 131 Å². The lowest BCUT2D eigenvalue weighted by molar-refractivity contribution is -0.384. The molecule has 2 aromatic rings. The largest absolute Gasteiger partial charge is 0.508 e. The van der Waals surface area contributed by atoms with E-state index in [4.69, 9.17) is 4.74 Å². The highest BCUT2D eigenvalue weighted by molar-refractivity contribution is 7.99. The lowest BCUT2D eigenvalue weighted by Gasteiger charge is -2.12. The van der Waals surface area contributed by atoms with Gasteiger partial charge in [0, 0.05) is 22.8 Å². The van der Waals surface area contributed by atoms with Crippen molar-refractivity contribution in [3.05, 3.63) is 58.6 Å². The van der Waals surface area contributed by atoms with Gasteiger partial charge >= 0.3 is 0 Å². The number of thioether (sulfide) groups is 1. The van der Waals surface area contributed by atoms with E-state index in [1.807, 2.05) is 0 Å². The van der Waals surface area contributed by atoms with Gasteiger partial charge in [0.1, 0.15) is 18.1 Å². The average Bonchev–Trinajstić information content (AvgIpc) is 2.52. The fourth-order valence-corrected chi connectivity index (χ4v) is 2.45. The molecule has 0 spiro atoms. The summed E-state index contributed by atoms with van der Waals surface area (Å²) >= 11 is 1.45. The van der Waals surface area contributed by atoms with E-state index in [9.17, 15) is 20.3 Å². The van der Waals surface area contributed by atoms with E-state index in [0.717, 1.165) is 4.90 Å². The molecule has 0 fully saturated rings. The third kappa shape index (κ3) is 4.94. The summed E-state index contributed by atoms with van der Waals surface area (Å²) in [7, 11) is 0. The fraction of sp³-hybridized carbons (Fsp3) is 0.200. The number of nitrogens with zero attached hydrogens (tertiary/aromatic N) is 1. The molecular weight excluding hydrogens is 306 g/mol. The first-order valence-corrected chi connectivity index (χ1v) is 7.50. The SMILES string of the molecule is O=[N+]([O-])c1ccc(OCC(O)CSc2ccc(O)cc2)cc1. The van der Waals surface area contributed by atoms with Crippen molar-refractivity contribution in [3.63, 3.8) is 0 Å². The van der Waals surface area contributed by atoms with Gasteiger partial charge in [-0.1, -0.05) is 0 Å². The molecule has 2 aromatic carbocycles. The molecule has 22 heavy (non-hydrogen) atoms. The second-order valence-electron chi connectivity index (χ2n) is 4.52. The smallest absolute Gasteiger partial charge is 0.269 e. The molecular formula is C15H15NO5S. The topological polar surface area (TPSA) is 92.8 Å². The van der Waals surface area contributed by atoms with Crippen LogP contribution in [0.4, 0.5) is 5.69 Å². The van der Waals surface area contributed by atoms with Crippen molar-refractivity contribution in [1.29, 1.82) is 0 Å². The van der Waals surface area contributed by atoms with Crippen molar-refractivity contribution in [2.45, 2.75) is 11.0 Å².